The fourth-order valence-corrected chi connectivity index (χ4v) is 5.47. The van der Waals surface area contributed by atoms with E-state index in [2.05, 4.69) is 36.4 Å². The zero-order chi connectivity index (χ0) is 31.1. The molecule has 43 heavy (non-hydrogen) atoms. The maximum atomic E-state index is 11.8. The van der Waals surface area contributed by atoms with Crippen molar-refractivity contribution in [2.75, 3.05) is 54.2 Å². The van der Waals surface area contributed by atoms with Crippen LogP contribution in [0.25, 0.3) is 0 Å². The molecule has 1 N–H and O–H groups in total. The van der Waals surface area contributed by atoms with Gasteiger partial charge in [-0.05, 0) is 76.2 Å². The molecular formula is C34H56O9. The second kappa shape index (κ2) is 23.5. The molecule has 1 aliphatic rings. The number of hydrogen-bond acceptors (Lipinski definition) is 9. The molecule has 1 aromatic rings. The predicted octanol–water partition coefficient (Wildman–Crippen LogP) is 5.48. The topological polar surface area (TPSA) is 102 Å². The van der Waals surface area contributed by atoms with Gasteiger partial charge in [-0.15, -0.1) is 0 Å². The van der Waals surface area contributed by atoms with Crippen molar-refractivity contribution in [3.05, 3.63) is 48.0 Å². The number of benzene rings is 1. The third-order valence-corrected chi connectivity index (χ3v) is 7.73. The van der Waals surface area contributed by atoms with Crippen LogP contribution in [0.1, 0.15) is 70.8 Å². The highest BCUT2D eigenvalue weighted by Crippen LogP contribution is 2.40. The molecule has 5 atom stereocenters. The molecule has 0 heterocycles. The number of allylic oxidation sites excluding steroid dienone is 2. The van der Waals surface area contributed by atoms with Crippen molar-refractivity contribution < 1.29 is 43.1 Å². The predicted molar refractivity (Wildman–Crippen MR) is 166 cm³/mol. The first kappa shape index (κ1) is 37.3. The molecule has 0 amide bonds. The summed E-state index contributed by atoms with van der Waals surface area (Å²) in [6.45, 7) is 6.11. The Morgan fingerprint density at radius 3 is 2.37 bits per heavy atom. The summed E-state index contributed by atoms with van der Waals surface area (Å²) in [5.41, 5.74) is 1.28. The summed E-state index contributed by atoms with van der Waals surface area (Å²) in [5, 5.41) is 11.1. The SMILES string of the molecule is COCCOCO[C@@H](CCc1ccccc1)CC[C@@H]1[C@@H](C/C=C\CCCC(=O)OC(C)C)[C@@H](O)C[C@H]1OCOCCOC. The van der Waals surface area contributed by atoms with Gasteiger partial charge in [-0.1, -0.05) is 42.5 Å². The van der Waals surface area contributed by atoms with Gasteiger partial charge in [0, 0.05) is 27.1 Å². The minimum absolute atomic E-state index is 0.0147. The molecule has 9 heteroatoms. The molecule has 1 aliphatic carbocycles. The summed E-state index contributed by atoms with van der Waals surface area (Å²) in [6.07, 6.45) is 10.4. The van der Waals surface area contributed by atoms with Crippen molar-refractivity contribution in [3.63, 3.8) is 0 Å². The van der Waals surface area contributed by atoms with Crippen molar-refractivity contribution in [2.24, 2.45) is 11.8 Å². The Bertz CT molecular complexity index is 848. The summed E-state index contributed by atoms with van der Waals surface area (Å²) in [5.74, 6) is 0.0679. The second-order valence-corrected chi connectivity index (χ2v) is 11.4. The highest BCUT2D eigenvalue weighted by atomic mass is 16.7. The number of aryl methyl sites for hydroxylation is 1. The van der Waals surface area contributed by atoms with Gasteiger partial charge in [-0.3, -0.25) is 4.79 Å². The summed E-state index contributed by atoms with van der Waals surface area (Å²) in [7, 11) is 3.29. The van der Waals surface area contributed by atoms with E-state index >= 15 is 0 Å². The summed E-state index contributed by atoms with van der Waals surface area (Å²) >= 11 is 0. The molecule has 1 fully saturated rings. The van der Waals surface area contributed by atoms with Gasteiger partial charge < -0.3 is 38.3 Å². The number of carbonyl (C=O) groups is 1. The molecular weight excluding hydrogens is 552 g/mol. The first-order valence-electron chi connectivity index (χ1n) is 15.9. The Kier molecular flexibility index (Phi) is 20.4. The number of ether oxygens (including phenoxy) is 7. The van der Waals surface area contributed by atoms with Crippen LogP contribution in [0.15, 0.2) is 42.5 Å². The van der Waals surface area contributed by atoms with Crippen molar-refractivity contribution in [3.8, 4) is 0 Å². The van der Waals surface area contributed by atoms with E-state index in [1.54, 1.807) is 14.2 Å². The van der Waals surface area contributed by atoms with Crippen LogP contribution in [-0.2, 0) is 44.4 Å². The van der Waals surface area contributed by atoms with Crippen LogP contribution in [-0.4, -0.2) is 89.7 Å². The lowest BCUT2D eigenvalue weighted by molar-refractivity contribution is -0.147. The number of esters is 1. The van der Waals surface area contributed by atoms with E-state index in [4.69, 9.17) is 33.2 Å². The molecule has 0 aliphatic heterocycles. The molecule has 2 rings (SSSR count). The molecule has 1 aromatic carbocycles. The Labute approximate surface area is 259 Å². The van der Waals surface area contributed by atoms with Crippen LogP contribution in [0.2, 0.25) is 0 Å². The highest BCUT2D eigenvalue weighted by Gasteiger charge is 2.42. The van der Waals surface area contributed by atoms with Crippen LogP contribution >= 0.6 is 0 Å². The number of rotatable bonds is 25. The lowest BCUT2D eigenvalue weighted by Crippen LogP contribution is -2.27. The standard InChI is InChI=1S/C34H56O9/c1-27(2)43-34(36)15-11-6-5-10-14-30-31(33(24-32(30)35)42-26-40-23-21-38-4)19-18-29(41-25-39-22-20-37-3)17-16-28-12-8-7-9-13-28/h5,7-10,12-13,27,29-33,35H,6,11,14-26H2,1-4H3/b10-5-/t29-,30+,31+,32-,33+/m0/s1. The summed E-state index contributed by atoms with van der Waals surface area (Å²) in [4.78, 5) is 11.8. The highest BCUT2D eigenvalue weighted by molar-refractivity contribution is 5.69. The lowest BCUT2D eigenvalue weighted by Gasteiger charge is -2.27. The van der Waals surface area contributed by atoms with Gasteiger partial charge in [0.15, 0.2) is 0 Å². The molecule has 0 radical (unpaired) electrons. The van der Waals surface area contributed by atoms with Gasteiger partial charge in [0.1, 0.15) is 13.6 Å². The normalized spacial score (nSPS) is 21.2. The zero-order valence-electron chi connectivity index (χ0n) is 26.8. The average Bonchev–Trinajstić information content (AvgIpc) is 3.29. The van der Waals surface area contributed by atoms with E-state index in [9.17, 15) is 9.90 Å². The second-order valence-electron chi connectivity index (χ2n) is 11.4. The van der Waals surface area contributed by atoms with E-state index in [1.165, 1.54) is 5.56 Å². The van der Waals surface area contributed by atoms with Gasteiger partial charge in [0.2, 0.25) is 0 Å². The van der Waals surface area contributed by atoms with E-state index in [0.29, 0.717) is 39.3 Å². The van der Waals surface area contributed by atoms with Gasteiger partial charge in [0.25, 0.3) is 0 Å². The van der Waals surface area contributed by atoms with E-state index in [0.717, 1.165) is 44.9 Å². The van der Waals surface area contributed by atoms with Gasteiger partial charge >= 0.3 is 5.97 Å². The van der Waals surface area contributed by atoms with Gasteiger partial charge in [0.05, 0.1) is 50.8 Å². The third-order valence-electron chi connectivity index (χ3n) is 7.73. The monoisotopic (exact) mass is 608 g/mol. The van der Waals surface area contributed by atoms with Gasteiger partial charge in [-0.2, -0.15) is 0 Å². The fourth-order valence-electron chi connectivity index (χ4n) is 5.47. The number of methoxy groups -OCH3 is 2. The van der Waals surface area contributed by atoms with Crippen molar-refractivity contribution in [1.29, 1.82) is 0 Å². The largest absolute Gasteiger partial charge is 0.463 e. The number of aliphatic hydroxyl groups excluding tert-OH is 1. The molecule has 9 nitrogen and oxygen atoms in total. The summed E-state index contributed by atoms with van der Waals surface area (Å²) in [6, 6.07) is 10.4. The zero-order valence-corrected chi connectivity index (χ0v) is 26.8. The molecule has 0 aromatic heterocycles. The van der Waals surface area contributed by atoms with Crippen molar-refractivity contribution >= 4 is 5.97 Å². The van der Waals surface area contributed by atoms with E-state index in [1.807, 2.05) is 19.9 Å². The molecule has 1 saturated carbocycles. The van der Waals surface area contributed by atoms with Crippen molar-refractivity contribution in [2.45, 2.75) is 96.1 Å². The molecule has 0 spiro atoms. The molecule has 0 bridgehead atoms. The minimum atomic E-state index is -0.458. The Balaban J connectivity index is 1.98. The summed E-state index contributed by atoms with van der Waals surface area (Å²) < 4.78 is 38.9. The van der Waals surface area contributed by atoms with Crippen LogP contribution < -0.4 is 0 Å². The minimum Gasteiger partial charge on any atom is -0.463 e. The van der Waals surface area contributed by atoms with Crippen LogP contribution in [0, 0.1) is 11.8 Å². The van der Waals surface area contributed by atoms with E-state index < -0.39 is 6.10 Å². The molecule has 0 saturated heterocycles. The third kappa shape index (κ3) is 16.7. The lowest BCUT2D eigenvalue weighted by atomic mass is 9.85. The number of aliphatic hydroxyl groups is 1. The van der Waals surface area contributed by atoms with Crippen LogP contribution in [0.3, 0.4) is 0 Å². The first-order valence-corrected chi connectivity index (χ1v) is 15.9. The molecule has 246 valence electrons. The first-order chi connectivity index (χ1) is 20.9. The van der Waals surface area contributed by atoms with Crippen LogP contribution in [0.4, 0.5) is 0 Å². The van der Waals surface area contributed by atoms with Crippen LogP contribution in [0.5, 0.6) is 0 Å². The molecule has 0 unspecified atom stereocenters. The Morgan fingerprint density at radius 2 is 1.67 bits per heavy atom. The fraction of sp³-hybridized carbons (Fsp3) is 0.735. The number of carbonyl (C=O) groups excluding carboxylic acids is 1. The average molecular weight is 609 g/mol. The number of unbranched alkanes of at least 4 members (excludes halogenated alkanes) is 1. The maximum Gasteiger partial charge on any atom is 0.306 e. The Hall–Kier alpha value is -1.85. The quantitative estimate of drug-likeness (QED) is 0.0670. The van der Waals surface area contributed by atoms with Gasteiger partial charge in [-0.25, -0.2) is 0 Å². The smallest absolute Gasteiger partial charge is 0.306 e. The van der Waals surface area contributed by atoms with E-state index in [-0.39, 0.29) is 49.7 Å². The van der Waals surface area contributed by atoms with Crippen molar-refractivity contribution in [1.82, 2.24) is 0 Å². The maximum absolute atomic E-state index is 11.8. The number of hydrogen-bond donors (Lipinski definition) is 1. The Morgan fingerprint density at radius 1 is 0.953 bits per heavy atom.